The fourth-order valence-electron chi connectivity index (χ4n) is 1.44. The minimum atomic E-state index is 0.507. The van der Waals surface area contributed by atoms with Crippen LogP contribution in [-0.4, -0.2) is 11.1 Å². The fourth-order valence-corrected chi connectivity index (χ4v) is 1.44. The van der Waals surface area contributed by atoms with Gasteiger partial charge in [-0.3, -0.25) is 0 Å². The van der Waals surface area contributed by atoms with Crippen molar-refractivity contribution in [1.29, 1.82) is 0 Å². The molecule has 1 saturated heterocycles. The van der Waals surface area contributed by atoms with Crippen LogP contribution < -0.4 is 5.32 Å². The van der Waals surface area contributed by atoms with Gasteiger partial charge in [-0.05, 0) is 26.7 Å². The zero-order chi connectivity index (χ0) is 5.12. The molecule has 0 amide bonds. The third-order valence-corrected chi connectivity index (χ3v) is 2.44. The minimum absolute atomic E-state index is 0.507. The monoisotopic (exact) mass is 97.1 g/mol. The molecule has 1 nitrogen and oxygen atoms in total. The topological polar surface area (TPSA) is 21.9 Å². The van der Waals surface area contributed by atoms with Crippen molar-refractivity contribution in [2.75, 3.05) is 0 Å². The molecule has 1 heterocycles. The van der Waals surface area contributed by atoms with Crippen molar-refractivity contribution in [2.45, 2.75) is 37.8 Å². The van der Waals surface area contributed by atoms with E-state index in [1.54, 1.807) is 0 Å². The van der Waals surface area contributed by atoms with Gasteiger partial charge < -0.3 is 5.32 Å². The molecule has 1 spiro atoms. The first-order valence-electron chi connectivity index (χ1n) is 2.96. The average molecular weight is 97.2 g/mol. The van der Waals surface area contributed by atoms with Gasteiger partial charge in [-0.25, -0.2) is 0 Å². The van der Waals surface area contributed by atoms with Crippen molar-refractivity contribution >= 4 is 0 Å². The fraction of sp³-hybridized carbons (Fsp3) is 1.00. The summed E-state index contributed by atoms with van der Waals surface area (Å²) >= 11 is 0. The highest BCUT2D eigenvalue weighted by molar-refractivity contribution is 5.30. The summed E-state index contributed by atoms with van der Waals surface area (Å²) in [6, 6.07) is 0. The Hall–Kier alpha value is -0.0400. The smallest absolute Gasteiger partial charge is 0.0365 e. The summed E-state index contributed by atoms with van der Waals surface area (Å²) in [7, 11) is 0. The van der Waals surface area contributed by atoms with Crippen LogP contribution in [0.25, 0.3) is 0 Å². The Morgan fingerprint density at radius 1 is 1.29 bits per heavy atom. The number of hydrogen-bond donors (Lipinski definition) is 1. The summed E-state index contributed by atoms with van der Waals surface area (Å²) < 4.78 is 0. The van der Waals surface area contributed by atoms with E-state index in [9.17, 15) is 0 Å². The first-order chi connectivity index (χ1) is 3.16. The summed E-state index contributed by atoms with van der Waals surface area (Å²) in [6.07, 6.45) is 2.83. The third-order valence-electron chi connectivity index (χ3n) is 2.44. The molecule has 0 radical (unpaired) electrons. The second-order valence-electron chi connectivity index (χ2n) is 3.33. The van der Waals surface area contributed by atoms with Gasteiger partial charge in [-0.2, -0.15) is 0 Å². The first-order valence-corrected chi connectivity index (χ1v) is 2.96. The van der Waals surface area contributed by atoms with Gasteiger partial charge in [0, 0.05) is 11.1 Å². The van der Waals surface area contributed by atoms with Crippen molar-refractivity contribution in [1.82, 2.24) is 5.32 Å². The molecule has 7 heavy (non-hydrogen) atoms. The Kier molecular flexibility index (Phi) is 0.365. The second-order valence-corrected chi connectivity index (χ2v) is 3.33. The van der Waals surface area contributed by atoms with Crippen LogP contribution in [0.3, 0.4) is 0 Å². The third kappa shape index (κ3) is 0.290. The van der Waals surface area contributed by atoms with Gasteiger partial charge >= 0.3 is 0 Å². The maximum absolute atomic E-state index is 3.46. The van der Waals surface area contributed by atoms with Crippen molar-refractivity contribution in [3.63, 3.8) is 0 Å². The van der Waals surface area contributed by atoms with E-state index in [2.05, 4.69) is 19.2 Å². The number of hydrogen-bond acceptors (Lipinski definition) is 1. The lowest BCUT2D eigenvalue weighted by Gasteiger charge is -1.90. The van der Waals surface area contributed by atoms with Crippen molar-refractivity contribution < 1.29 is 0 Å². The van der Waals surface area contributed by atoms with E-state index in [0.29, 0.717) is 11.1 Å². The molecule has 0 aromatic heterocycles. The molecule has 1 aliphatic carbocycles. The van der Waals surface area contributed by atoms with E-state index in [1.165, 1.54) is 12.8 Å². The number of nitrogens with one attached hydrogen (secondary N) is 1. The SMILES string of the molecule is CC1(C)NC12CC2. The Morgan fingerprint density at radius 2 is 1.71 bits per heavy atom. The number of rotatable bonds is 0. The van der Waals surface area contributed by atoms with Crippen LogP contribution in [0.4, 0.5) is 0 Å². The van der Waals surface area contributed by atoms with E-state index in [0.717, 1.165) is 0 Å². The van der Waals surface area contributed by atoms with Gasteiger partial charge in [0.05, 0.1) is 0 Å². The molecule has 2 rings (SSSR count). The van der Waals surface area contributed by atoms with Crippen LogP contribution in [0.5, 0.6) is 0 Å². The van der Waals surface area contributed by atoms with Crippen LogP contribution in [0.15, 0.2) is 0 Å². The molecule has 1 saturated carbocycles. The Morgan fingerprint density at radius 3 is 1.71 bits per heavy atom. The van der Waals surface area contributed by atoms with Crippen molar-refractivity contribution in [3.05, 3.63) is 0 Å². The van der Waals surface area contributed by atoms with Crippen molar-refractivity contribution in [3.8, 4) is 0 Å². The van der Waals surface area contributed by atoms with Gasteiger partial charge in [0.2, 0.25) is 0 Å². The van der Waals surface area contributed by atoms with Crippen molar-refractivity contribution in [2.24, 2.45) is 0 Å². The van der Waals surface area contributed by atoms with Crippen LogP contribution in [0, 0.1) is 0 Å². The summed E-state index contributed by atoms with van der Waals surface area (Å²) in [5.41, 5.74) is 1.15. The predicted molar refractivity (Wildman–Crippen MR) is 29.2 cm³/mol. The molecule has 0 bridgehead atoms. The quantitative estimate of drug-likeness (QED) is 0.446. The molecule has 0 atom stereocenters. The van der Waals surface area contributed by atoms with Gasteiger partial charge in [0.15, 0.2) is 0 Å². The average Bonchev–Trinajstić information content (AvgIpc) is 2.22. The summed E-state index contributed by atoms with van der Waals surface area (Å²) in [5, 5.41) is 3.46. The molecule has 2 fully saturated rings. The summed E-state index contributed by atoms with van der Waals surface area (Å²) in [4.78, 5) is 0. The van der Waals surface area contributed by atoms with E-state index in [1.807, 2.05) is 0 Å². The Balaban J connectivity index is 2.22. The molecule has 1 aliphatic heterocycles. The summed E-state index contributed by atoms with van der Waals surface area (Å²) in [5.74, 6) is 0. The van der Waals surface area contributed by atoms with Crippen LogP contribution in [0.2, 0.25) is 0 Å². The molecule has 0 aromatic rings. The highest BCUT2D eigenvalue weighted by Crippen LogP contribution is 2.56. The molecule has 2 aliphatic rings. The van der Waals surface area contributed by atoms with Gasteiger partial charge in [-0.15, -0.1) is 0 Å². The minimum Gasteiger partial charge on any atom is -0.303 e. The molecule has 0 unspecified atom stereocenters. The van der Waals surface area contributed by atoms with E-state index in [-0.39, 0.29) is 0 Å². The van der Waals surface area contributed by atoms with Gasteiger partial charge in [0.1, 0.15) is 0 Å². The van der Waals surface area contributed by atoms with E-state index < -0.39 is 0 Å². The van der Waals surface area contributed by atoms with Crippen LogP contribution in [-0.2, 0) is 0 Å². The molecule has 40 valence electrons. The van der Waals surface area contributed by atoms with Crippen LogP contribution in [0.1, 0.15) is 26.7 Å². The lowest BCUT2D eigenvalue weighted by atomic mass is 10.1. The largest absolute Gasteiger partial charge is 0.303 e. The standard InChI is InChI=1S/C6H11N/c1-5(2)6(7-5)3-4-6/h7H,3-4H2,1-2H3. The van der Waals surface area contributed by atoms with Gasteiger partial charge in [-0.1, -0.05) is 0 Å². The van der Waals surface area contributed by atoms with E-state index in [4.69, 9.17) is 0 Å². The maximum Gasteiger partial charge on any atom is 0.0365 e. The zero-order valence-corrected chi connectivity index (χ0v) is 4.91. The van der Waals surface area contributed by atoms with E-state index >= 15 is 0 Å². The zero-order valence-electron chi connectivity index (χ0n) is 4.91. The predicted octanol–water partition coefficient (Wildman–Crippen LogP) is 0.901. The highest BCUT2D eigenvalue weighted by Gasteiger charge is 2.68. The van der Waals surface area contributed by atoms with Crippen LogP contribution >= 0.6 is 0 Å². The molecular weight excluding hydrogens is 86.1 g/mol. The molecule has 0 aromatic carbocycles. The molecular formula is C6H11N. The lowest BCUT2D eigenvalue weighted by molar-refractivity contribution is 0.740. The molecule has 1 N–H and O–H groups in total. The first kappa shape index (κ1) is 3.90. The molecule has 1 heteroatoms. The van der Waals surface area contributed by atoms with Gasteiger partial charge in [0.25, 0.3) is 0 Å². The summed E-state index contributed by atoms with van der Waals surface area (Å²) in [6.45, 7) is 4.56. The Bertz CT molecular complexity index is 109. The maximum atomic E-state index is 3.46. The Labute approximate surface area is 44.1 Å². The lowest BCUT2D eigenvalue weighted by Crippen LogP contribution is -2.02. The normalized spacial score (nSPS) is 38.6. The second kappa shape index (κ2) is 0.655. The highest BCUT2D eigenvalue weighted by atomic mass is 15.3.